The molecule has 0 aliphatic carbocycles. The predicted molar refractivity (Wildman–Crippen MR) is 67.2 cm³/mol. The van der Waals surface area contributed by atoms with Crippen LogP contribution in [0.15, 0.2) is 24.3 Å². The fourth-order valence-electron chi connectivity index (χ4n) is 1.99. The highest BCUT2D eigenvalue weighted by atomic mass is 19.1. The van der Waals surface area contributed by atoms with Crippen LogP contribution in [-0.4, -0.2) is 55.4 Å². The number of β-amino-alcohol motifs (C(OH)–C–C–N with tert-alkyl or cyclic N) is 1. The average Bonchev–Trinajstić information content (AvgIpc) is 2.38. The van der Waals surface area contributed by atoms with E-state index in [-0.39, 0.29) is 12.4 Å². The number of hydrogen-bond acceptors (Lipinski definition) is 4. The van der Waals surface area contributed by atoms with Crippen molar-refractivity contribution in [2.75, 3.05) is 39.3 Å². The van der Waals surface area contributed by atoms with Crippen molar-refractivity contribution >= 4 is 0 Å². The number of rotatable bonds is 5. The van der Waals surface area contributed by atoms with Gasteiger partial charge in [-0.1, -0.05) is 6.07 Å². The number of aliphatic hydroxyl groups excluding tert-OH is 1. The third kappa shape index (κ3) is 4.25. The Hall–Kier alpha value is -1.17. The first-order valence-electron chi connectivity index (χ1n) is 6.23. The zero-order chi connectivity index (χ0) is 12.8. The number of benzene rings is 1. The summed E-state index contributed by atoms with van der Waals surface area (Å²) in [4.78, 5) is 2.19. The van der Waals surface area contributed by atoms with Gasteiger partial charge in [0.2, 0.25) is 0 Å². The van der Waals surface area contributed by atoms with Crippen molar-refractivity contribution < 1.29 is 14.2 Å². The van der Waals surface area contributed by atoms with E-state index in [1.807, 2.05) is 0 Å². The highest BCUT2D eigenvalue weighted by Crippen LogP contribution is 2.12. The average molecular weight is 254 g/mol. The maximum atomic E-state index is 12.9. The number of halogens is 1. The highest BCUT2D eigenvalue weighted by Gasteiger charge is 2.14. The minimum absolute atomic E-state index is 0.188. The highest BCUT2D eigenvalue weighted by molar-refractivity contribution is 5.22. The molecule has 1 saturated heterocycles. The number of aliphatic hydroxyl groups is 1. The molecular formula is C13H19FN2O2. The molecule has 1 fully saturated rings. The molecule has 0 radical (unpaired) electrons. The van der Waals surface area contributed by atoms with Gasteiger partial charge in [-0.3, -0.25) is 4.90 Å². The summed E-state index contributed by atoms with van der Waals surface area (Å²) in [7, 11) is 0. The maximum Gasteiger partial charge on any atom is 0.126 e. The Kier molecular flexibility index (Phi) is 4.92. The zero-order valence-corrected chi connectivity index (χ0v) is 10.3. The van der Waals surface area contributed by atoms with E-state index < -0.39 is 6.10 Å². The summed E-state index contributed by atoms with van der Waals surface area (Å²) in [5.41, 5.74) is 0. The minimum Gasteiger partial charge on any atom is -0.491 e. The minimum atomic E-state index is -0.550. The molecule has 2 N–H and O–H groups in total. The van der Waals surface area contributed by atoms with E-state index in [9.17, 15) is 9.50 Å². The van der Waals surface area contributed by atoms with Gasteiger partial charge in [-0.15, -0.1) is 0 Å². The predicted octanol–water partition coefficient (Wildman–Crippen LogP) is 0.471. The molecule has 1 atom stereocenters. The van der Waals surface area contributed by atoms with Crippen LogP contribution in [0, 0.1) is 5.82 Å². The molecule has 0 aromatic heterocycles. The molecule has 1 unspecified atom stereocenters. The maximum absolute atomic E-state index is 12.9. The Bertz CT molecular complexity index is 370. The summed E-state index contributed by atoms with van der Waals surface area (Å²) in [5.74, 6) is 0.124. The quantitative estimate of drug-likeness (QED) is 0.802. The van der Waals surface area contributed by atoms with Crippen molar-refractivity contribution in [3.63, 3.8) is 0 Å². The Morgan fingerprint density at radius 2 is 2.17 bits per heavy atom. The zero-order valence-electron chi connectivity index (χ0n) is 10.3. The number of nitrogens with zero attached hydrogens (tertiary/aromatic N) is 1. The molecule has 1 heterocycles. The van der Waals surface area contributed by atoms with Crippen LogP contribution in [0.1, 0.15) is 0 Å². The first-order chi connectivity index (χ1) is 8.74. The van der Waals surface area contributed by atoms with Crippen LogP contribution in [0.25, 0.3) is 0 Å². The van der Waals surface area contributed by atoms with E-state index in [0.29, 0.717) is 12.3 Å². The summed E-state index contributed by atoms with van der Waals surface area (Å²) in [5, 5.41) is 13.1. The van der Waals surface area contributed by atoms with Gasteiger partial charge in [0.1, 0.15) is 24.3 Å². The molecule has 100 valence electrons. The SMILES string of the molecule is OC(COc1cccc(F)c1)CN1CCNCC1. The molecule has 0 saturated carbocycles. The van der Waals surface area contributed by atoms with E-state index in [1.54, 1.807) is 12.1 Å². The second-order valence-corrected chi connectivity index (χ2v) is 4.47. The normalized spacial score (nSPS) is 18.6. The fraction of sp³-hybridized carbons (Fsp3) is 0.538. The number of hydrogen-bond donors (Lipinski definition) is 2. The van der Waals surface area contributed by atoms with Gasteiger partial charge in [-0.2, -0.15) is 0 Å². The lowest BCUT2D eigenvalue weighted by Crippen LogP contribution is -2.47. The van der Waals surface area contributed by atoms with Gasteiger partial charge in [0, 0.05) is 38.8 Å². The molecule has 1 aliphatic heterocycles. The molecule has 1 aliphatic rings. The molecule has 18 heavy (non-hydrogen) atoms. The number of nitrogens with one attached hydrogen (secondary N) is 1. The smallest absolute Gasteiger partial charge is 0.126 e. The molecule has 0 amide bonds. The molecule has 5 heteroatoms. The van der Waals surface area contributed by atoms with Crippen molar-refractivity contribution in [3.05, 3.63) is 30.1 Å². The van der Waals surface area contributed by atoms with Gasteiger partial charge in [0.05, 0.1) is 0 Å². The first-order valence-corrected chi connectivity index (χ1v) is 6.23. The van der Waals surface area contributed by atoms with E-state index in [1.165, 1.54) is 12.1 Å². The summed E-state index contributed by atoms with van der Waals surface area (Å²) >= 11 is 0. The summed E-state index contributed by atoms with van der Waals surface area (Å²) in [6.07, 6.45) is -0.550. The van der Waals surface area contributed by atoms with E-state index >= 15 is 0 Å². The van der Waals surface area contributed by atoms with Gasteiger partial charge in [-0.25, -0.2) is 4.39 Å². The topological polar surface area (TPSA) is 44.7 Å². The molecule has 2 rings (SSSR count). The van der Waals surface area contributed by atoms with Crippen molar-refractivity contribution in [2.24, 2.45) is 0 Å². The summed E-state index contributed by atoms with van der Waals surface area (Å²) in [6, 6.07) is 5.95. The lowest BCUT2D eigenvalue weighted by atomic mass is 10.3. The van der Waals surface area contributed by atoms with E-state index in [0.717, 1.165) is 26.2 Å². The summed E-state index contributed by atoms with van der Waals surface area (Å²) in [6.45, 7) is 4.58. The van der Waals surface area contributed by atoms with Crippen LogP contribution in [0.5, 0.6) is 5.75 Å². The molecule has 0 bridgehead atoms. The van der Waals surface area contributed by atoms with Gasteiger partial charge in [0.15, 0.2) is 0 Å². The van der Waals surface area contributed by atoms with Crippen molar-refractivity contribution in [1.29, 1.82) is 0 Å². The fourth-order valence-corrected chi connectivity index (χ4v) is 1.99. The Morgan fingerprint density at radius 1 is 1.39 bits per heavy atom. The van der Waals surface area contributed by atoms with Crippen molar-refractivity contribution in [3.8, 4) is 5.75 Å². The van der Waals surface area contributed by atoms with Crippen LogP contribution in [0.4, 0.5) is 4.39 Å². The number of ether oxygens (including phenoxy) is 1. The molecule has 1 aromatic carbocycles. The Morgan fingerprint density at radius 3 is 2.89 bits per heavy atom. The number of piperazine rings is 1. The standard InChI is InChI=1S/C13H19FN2O2/c14-11-2-1-3-13(8-11)18-10-12(17)9-16-6-4-15-5-7-16/h1-3,8,12,15,17H,4-7,9-10H2. The molecule has 4 nitrogen and oxygen atoms in total. The monoisotopic (exact) mass is 254 g/mol. The van der Waals surface area contributed by atoms with Crippen molar-refractivity contribution in [1.82, 2.24) is 10.2 Å². The van der Waals surface area contributed by atoms with Gasteiger partial charge < -0.3 is 15.2 Å². The third-order valence-corrected chi connectivity index (χ3v) is 2.92. The largest absolute Gasteiger partial charge is 0.491 e. The van der Waals surface area contributed by atoms with Gasteiger partial charge in [-0.05, 0) is 12.1 Å². The van der Waals surface area contributed by atoms with Gasteiger partial charge >= 0.3 is 0 Å². The summed E-state index contributed by atoms with van der Waals surface area (Å²) < 4.78 is 18.3. The second kappa shape index (κ2) is 6.68. The van der Waals surface area contributed by atoms with E-state index in [2.05, 4.69) is 10.2 Å². The third-order valence-electron chi connectivity index (χ3n) is 2.92. The second-order valence-electron chi connectivity index (χ2n) is 4.47. The van der Waals surface area contributed by atoms with Crippen LogP contribution in [-0.2, 0) is 0 Å². The van der Waals surface area contributed by atoms with E-state index in [4.69, 9.17) is 4.74 Å². The van der Waals surface area contributed by atoms with Crippen LogP contribution < -0.4 is 10.1 Å². The molecular weight excluding hydrogens is 235 g/mol. The first kappa shape index (κ1) is 13.3. The molecule has 1 aromatic rings. The molecule has 0 spiro atoms. The van der Waals surface area contributed by atoms with Crippen LogP contribution >= 0.6 is 0 Å². The lowest BCUT2D eigenvalue weighted by Gasteiger charge is -2.28. The van der Waals surface area contributed by atoms with Gasteiger partial charge in [0.25, 0.3) is 0 Å². The van der Waals surface area contributed by atoms with Crippen LogP contribution in [0.2, 0.25) is 0 Å². The lowest BCUT2D eigenvalue weighted by molar-refractivity contribution is 0.0640. The van der Waals surface area contributed by atoms with Crippen molar-refractivity contribution in [2.45, 2.75) is 6.10 Å². The Balaban J connectivity index is 1.72. The van der Waals surface area contributed by atoms with Crippen LogP contribution in [0.3, 0.4) is 0 Å². The Labute approximate surface area is 106 Å².